The molecule has 4 nitrogen and oxygen atoms in total. The summed E-state index contributed by atoms with van der Waals surface area (Å²) in [5.41, 5.74) is 10.8. The van der Waals surface area contributed by atoms with Crippen LogP contribution in [0.5, 0.6) is 0 Å². The number of pyridine rings is 1. The number of aryl methyl sites for hydroxylation is 1. The molecule has 206 valence electrons. The molecule has 0 aliphatic carbocycles. The summed E-state index contributed by atoms with van der Waals surface area (Å²) in [5, 5.41) is 3.60. The number of nitrogens with one attached hydrogen (secondary N) is 1. The molecule has 0 radical (unpaired) electrons. The number of hydrogen-bond acceptors (Lipinski definition) is 4. The summed E-state index contributed by atoms with van der Waals surface area (Å²) >= 11 is 0. The molecule has 6 aromatic rings. The van der Waals surface area contributed by atoms with Crippen LogP contribution in [0.1, 0.15) is 28.6 Å². The van der Waals surface area contributed by atoms with Crippen molar-refractivity contribution in [3.05, 3.63) is 174 Å². The van der Waals surface area contributed by atoms with Crippen molar-refractivity contribution < 1.29 is 0 Å². The number of amidine groups is 2. The fraction of sp³-hybridized carbons (Fsp3) is 0.0513. The van der Waals surface area contributed by atoms with Gasteiger partial charge in [0.15, 0.2) is 5.84 Å². The van der Waals surface area contributed by atoms with E-state index in [1.807, 2.05) is 37.3 Å². The van der Waals surface area contributed by atoms with Gasteiger partial charge in [0.2, 0.25) is 0 Å². The molecule has 5 aromatic carbocycles. The number of benzene rings is 5. The maximum absolute atomic E-state index is 5.09. The van der Waals surface area contributed by atoms with Crippen LogP contribution in [0, 0.1) is 6.92 Å². The van der Waals surface area contributed by atoms with Gasteiger partial charge in [0.25, 0.3) is 0 Å². The molecule has 0 saturated heterocycles. The fourth-order valence-electron chi connectivity index (χ4n) is 5.33. The molecule has 0 spiro atoms. The molecule has 43 heavy (non-hydrogen) atoms. The molecular formula is C39H30N4. The lowest BCUT2D eigenvalue weighted by Gasteiger charge is -2.24. The van der Waals surface area contributed by atoms with Crippen molar-refractivity contribution in [2.75, 3.05) is 0 Å². The first-order chi connectivity index (χ1) is 21.2. The maximum Gasteiger partial charge on any atom is 0.159 e. The van der Waals surface area contributed by atoms with Crippen LogP contribution in [0.3, 0.4) is 0 Å². The monoisotopic (exact) mass is 554 g/mol. The van der Waals surface area contributed by atoms with E-state index in [-0.39, 0.29) is 6.17 Å². The molecule has 0 bridgehead atoms. The summed E-state index contributed by atoms with van der Waals surface area (Å²) in [6.07, 6.45) is -0.278. The van der Waals surface area contributed by atoms with Gasteiger partial charge in [-0.1, -0.05) is 140 Å². The van der Waals surface area contributed by atoms with E-state index in [1.165, 1.54) is 16.7 Å². The Balaban J connectivity index is 1.23. The van der Waals surface area contributed by atoms with Gasteiger partial charge in [-0.05, 0) is 46.9 Å². The van der Waals surface area contributed by atoms with Crippen LogP contribution in [-0.4, -0.2) is 16.7 Å². The van der Waals surface area contributed by atoms with Gasteiger partial charge in [-0.15, -0.1) is 0 Å². The topological polar surface area (TPSA) is 49.6 Å². The molecule has 1 atom stereocenters. The SMILES string of the molecule is Cc1cccc(-c2ccc(C3=NC(c4ccc(-c5ccccc5)cc4)=NC(c4ccc(-c5ccccc5)cc4)N3)cc2)n1. The minimum Gasteiger partial charge on any atom is -0.344 e. The lowest BCUT2D eigenvalue weighted by Crippen LogP contribution is -2.33. The highest BCUT2D eigenvalue weighted by molar-refractivity contribution is 6.13. The Morgan fingerprint density at radius 2 is 0.977 bits per heavy atom. The Hall–Kier alpha value is -5.61. The predicted octanol–water partition coefficient (Wildman–Crippen LogP) is 8.89. The summed E-state index contributed by atoms with van der Waals surface area (Å²) < 4.78 is 0. The van der Waals surface area contributed by atoms with Crippen LogP contribution < -0.4 is 5.32 Å². The zero-order valence-electron chi connectivity index (χ0n) is 23.9. The molecule has 1 aliphatic rings. The Bertz CT molecular complexity index is 1910. The van der Waals surface area contributed by atoms with Crippen molar-refractivity contribution >= 4 is 11.7 Å². The Morgan fingerprint density at radius 1 is 0.465 bits per heavy atom. The van der Waals surface area contributed by atoms with Crippen LogP contribution in [-0.2, 0) is 0 Å². The Kier molecular flexibility index (Phi) is 7.16. The summed E-state index contributed by atoms with van der Waals surface area (Å²) in [6.45, 7) is 2.01. The lowest BCUT2D eigenvalue weighted by atomic mass is 10.0. The summed E-state index contributed by atoms with van der Waals surface area (Å²) in [6, 6.07) is 52.4. The van der Waals surface area contributed by atoms with Crippen molar-refractivity contribution in [2.45, 2.75) is 13.1 Å². The second-order valence-electron chi connectivity index (χ2n) is 10.6. The molecule has 4 heteroatoms. The summed E-state index contributed by atoms with van der Waals surface area (Å²) in [7, 11) is 0. The van der Waals surface area contributed by atoms with Crippen molar-refractivity contribution in [1.29, 1.82) is 0 Å². The highest BCUT2D eigenvalue weighted by atomic mass is 15.2. The first-order valence-corrected chi connectivity index (χ1v) is 14.5. The van der Waals surface area contributed by atoms with E-state index in [9.17, 15) is 0 Å². The van der Waals surface area contributed by atoms with Crippen molar-refractivity contribution in [3.63, 3.8) is 0 Å². The van der Waals surface area contributed by atoms with Crippen LogP contribution >= 0.6 is 0 Å². The van der Waals surface area contributed by atoms with Crippen LogP contribution in [0.2, 0.25) is 0 Å². The number of nitrogens with zero attached hydrogens (tertiary/aromatic N) is 3. The molecule has 1 unspecified atom stereocenters. The molecule has 1 aromatic heterocycles. The van der Waals surface area contributed by atoms with E-state index >= 15 is 0 Å². The average molecular weight is 555 g/mol. The summed E-state index contributed by atoms with van der Waals surface area (Å²) in [5.74, 6) is 1.49. The quantitative estimate of drug-likeness (QED) is 0.224. The minimum atomic E-state index is -0.278. The van der Waals surface area contributed by atoms with Gasteiger partial charge in [0, 0.05) is 22.4 Å². The largest absolute Gasteiger partial charge is 0.344 e. The number of aromatic nitrogens is 1. The third-order valence-electron chi connectivity index (χ3n) is 7.67. The Labute approximate surface area is 252 Å². The highest BCUT2D eigenvalue weighted by Gasteiger charge is 2.21. The molecule has 0 amide bonds. The molecule has 1 N–H and O–H groups in total. The standard InChI is InChI=1S/C39H30N4/c1-27-9-8-14-36(40-27)32-19-25-35(26-20-32)39-42-37(33-21-15-30(16-22-33)28-10-4-2-5-11-28)41-38(43-39)34-23-17-31(18-24-34)29-12-6-3-7-13-29/h2-26,37H,1H3,(H,41,42,43). The molecular weight excluding hydrogens is 524 g/mol. The van der Waals surface area contributed by atoms with Gasteiger partial charge in [0.05, 0.1) is 5.69 Å². The third kappa shape index (κ3) is 5.77. The van der Waals surface area contributed by atoms with E-state index in [2.05, 4.69) is 132 Å². The molecule has 2 heterocycles. The number of aliphatic imine (C=N–C) groups is 2. The molecule has 0 fully saturated rings. The Morgan fingerprint density at radius 3 is 1.58 bits per heavy atom. The second kappa shape index (κ2) is 11.7. The highest BCUT2D eigenvalue weighted by Crippen LogP contribution is 2.27. The van der Waals surface area contributed by atoms with Crippen LogP contribution in [0.4, 0.5) is 0 Å². The van der Waals surface area contributed by atoms with Gasteiger partial charge >= 0.3 is 0 Å². The molecule has 7 rings (SSSR count). The molecule has 0 saturated carbocycles. The van der Waals surface area contributed by atoms with E-state index in [0.717, 1.165) is 45.0 Å². The van der Waals surface area contributed by atoms with Gasteiger partial charge < -0.3 is 5.32 Å². The maximum atomic E-state index is 5.09. The van der Waals surface area contributed by atoms with Crippen LogP contribution in [0.25, 0.3) is 33.5 Å². The van der Waals surface area contributed by atoms with Crippen molar-refractivity contribution in [1.82, 2.24) is 10.3 Å². The fourth-order valence-corrected chi connectivity index (χ4v) is 5.33. The van der Waals surface area contributed by atoms with E-state index in [1.54, 1.807) is 0 Å². The second-order valence-corrected chi connectivity index (χ2v) is 10.6. The van der Waals surface area contributed by atoms with Crippen LogP contribution in [0.15, 0.2) is 162 Å². The zero-order valence-corrected chi connectivity index (χ0v) is 23.9. The smallest absolute Gasteiger partial charge is 0.159 e. The zero-order chi connectivity index (χ0) is 29.0. The minimum absolute atomic E-state index is 0.278. The lowest BCUT2D eigenvalue weighted by molar-refractivity contribution is 0.674. The first kappa shape index (κ1) is 26.3. The third-order valence-corrected chi connectivity index (χ3v) is 7.67. The normalized spacial score (nSPS) is 14.4. The number of hydrogen-bond donors (Lipinski definition) is 1. The van der Waals surface area contributed by atoms with Gasteiger partial charge in [-0.2, -0.15) is 0 Å². The van der Waals surface area contributed by atoms with E-state index < -0.39 is 0 Å². The van der Waals surface area contributed by atoms with E-state index in [0.29, 0.717) is 5.84 Å². The predicted molar refractivity (Wildman–Crippen MR) is 177 cm³/mol. The van der Waals surface area contributed by atoms with Gasteiger partial charge in [-0.3, -0.25) is 4.98 Å². The summed E-state index contributed by atoms with van der Waals surface area (Å²) in [4.78, 5) is 14.8. The van der Waals surface area contributed by atoms with E-state index in [4.69, 9.17) is 9.98 Å². The van der Waals surface area contributed by atoms with Gasteiger partial charge in [0.1, 0.15) is 12.0 Å². The van der Waals surface area contributed by atoms with Crippen molar-refractivity contribution in [3.8, 4) is 33.5 Å². The average Bonchev–Trinajstić information content (AvgIpc) is 3.09. The van der Waals surface area contributed by atoms with Gasteiger partial charge in [-0.25, -0.2) is 9.98 Å². The molecule has 1 aliphatic heterocycles. The number of rotatable bonds is 6. The van der Waals surface area contributed by atoms with Crippen molar-refractivity contribution in [2.24, 2.45) is 9.98 Å². The first-order valence-electron chi connectivity index (χ1n) is 14.5.